The maximum absolute atomic E-state index is 14.3. The first-order chi connectivity index (χ1) is 20.2. The molecule has 0 spiro atoms. The zero-order valence-corrected chi connectivity index (χ0v) is 26.6. The van der Waals surface area contributed by atoms with Crippen LogP contribution in [-0.2, 0) is 16.1 Å². The van der Waals surface area contributed by atoms with Crippen molar-refractivity contribution in [3.63, 3.8) is 0 Å². The van der Waals surface area contributed by atoms with E-state index >= 15 is 0 Å². The molecule has 0 fully saturated rings. The van der Waals surface area contributed by atoms with Crippen molar-refractivity contribution in [2.75, 3.05) is 13.7 Å². The standard InChI is InChI=1S/C31H25ClFIN2O5S/c1-4-40-30(38)26-17(2)35-31-36(27(26)21-10-6-7-11-22(21)32)29(37)25(42-31)14-19-13-20(34)15-24(39-3)28(19)41-16-18-9-5-8-12-23(18)33/h5-15,27H,4,16H2,1-3H3/b25-14-/t27-/m1/s1. The lowest BCUT2D eigenvalue weighted by Crippen LogP contribution is -2.40. The highest BCUT2D eigenvalue weighted by Crippen LogP contribution is 2.36. The second-order valence-corrected chi connectivity index (χ2v) is 11.9. The molecule has 0 amide bonds. The number of fused-ring (bicyclic) bond motifs is 1. The van der Waals surface area contributed by atoms with Crippen molar-refractivity contribution >= 4 is 57.6 Å². The molecule has 0 N–H and O–H groups in total. The van der Waals surface area contributed by atoms with Gasteiger partial charge in [0.05, 0.1) is 29.5 Å². The van der Waals surface area contributed by atoms with Crippen LogP contribution < -0.4 is 24.4 Å². The van der Waals surface area contributed by atoms with Crippen LogP contribution in [0.4, 0.5) is 4.39 Å². The van der Waals surface area contributed by atoms with Gasteiger partial charge in [0.15, 0.2) is 16.3 Å². The fourth-order valence-corrected chi connectivity index (χ4v) is 6.59. The van der Waals surface area contributed by atoms with E-state index < -0.39 is 12.0 Å². The Morgan fingerprint density at radius 2 is 1.93 bits per heavy atom. The molecule has 42 heavy (non-hydrogen) atoms. The van der Waals surface area contributed by atoms with E-state index in [2.05, 4.69) is 27.6 Å². The summed E-state index contributed by atoms with van der Waals surface area (Å²) >= 11 is 9.92. The zero-order chi connectivity index (χ0) is 30.0. The number of allylic oxidation sites excluding steroid dienone is 1. The van der Waals surface area contributed by atoms with Gasteiger partial charge in [-0.1, -0.05) is 59.3 Å². The predicted octanol–water partition coefficient (Wildman–Crippen LogP) is 5.78. The minimum absolute atomic E-state index is 0.0414. The van der Waals surface area contributed by atoms with Gasteiger partial charge in [-0.15, -0.1) is 0 Å². The molecule has 0 radical (unpaired) electrons. The Hall–Kier alpha value is -3.48. The molecule has 0 aliphatic carbocycles. The summed E-state index contributed by atoms with van der Waals surface area (Å²) in [6.45, 7) is 3.56. The average molecular weight is 719 g/mol. The summed E-state index contributed by atoms with van der Waals surface area (Å²) < 4.78 is 34.0. The largest absolute Gasteiger partial charge is 0.493 e. The Kier molecular flexibility index (Phi) is 9.14. The van der Waals surface area contributed by atoms with Crippen LogP contribution in [0.25, 0.3) is 6.08 Å². The summed E-state index contributed by atoms with van der Waals surface area (Å²) in [5.41, 5.74) is 1.84. The van der Waals surface area contributed by atoms with Gasteiger partial charge in [0, 0.05) is 19.7 Å². The molecule has 2 heterocycles. The van der Waals surface area contributed by atoms with Gasteiger partial charge in [-0.3, -0.25) is 9.36 Å². The first-order valence-corrected chi connectivity index (χ1v) is 15.2. The molecule has 11 heteroatoms. The topological polar surface area (TPSA) is 79.1 Å². The maximum atomic E-state index is 14.3. The third-order valence-electron chi connectivity index (χ3n) is 6.60. The second kappa shape index (κ2) is 12.8. The maximum Gasteiger partial charge on any atom is 0.338 e. The number of halogens is 3. The van der Waals surface area contributed by atoms with Crippen LogP contribution >= 0.6 is 45.5 Å². The first kappa shape index (κ1) is 30.0. The van der Waals surface area contributed by atoms with Crippen molar-refractivity contribution in [2.24, 2.45) is 4.99 Å². The molecule has 5 rings (SSSR count). The Morgan fingerprint density at radius 1 is 1.19 bits per heavy atom. The Labute approximate surface area is 263 Å². The number of aromatic nitrogens is 1. The van der Waals surface area contributed by atoms with Crippen LogP contribution in [0.5, 0.6) is 11.5 Å². The number of carbonyl (C=O) groups is 1. The Balaban J connectivity index is 1.68. The number of ether oxygens (including phenoxy) is 3. The number of methoxy groups -OCH3 is 1. The molecule has 1 aliphatic heterocycles. The molecular formula is C31H25ClFIN2O5S. The van der Waals surface area contributed by atoms with Crippen LogP contribution in [0.15, 0.2) is 81.7 Å². The molecule has 1 aromatic heterocycles. The van der Waals surface area contributed by atoms with E-state index in [1.165, 1.54) is 29.1 Å². The predicted molar refractivity (Wildman–Crippen MR) is 168 cm³/mol. The lowest BCUT2D eigenvalue weighted by atomic mass is 9.96. The molecule has 1 atom stereocenters. The number of thiazole rings is 1. The third kappa shape index (κ3) is 5.88. The van der Waals surface area contributed by atoms with Gasteiger partial charge in [0.2, 0.25) is 0 Å². The molecule has 0 saturated heterocycles. The van der Waals surface area contributed by atoms with Crippen molar-refractivity contribution in [3.8, 4) is 11.5 Å². The van der Waals surface area contributed by atoms with E-state index in [4.69, 9.17) is 25.8 Å². The van der Waals surface area contributed by atoms with E-state index in [1.807, 2.05) is 6.07 Å². The number of hydrogen-bond donors (Lipinski definition) is 0. The second-order valence-electron chi connectivity index (χ2n) is 9.23. The summed E-state index contributed by atoms with van der Waals surface area (Å²) in [7, 11) is 1.52. The van der Waals surface area contributed by atoms with Gasteiger partial charge >= 0.3 is 5.97 Å². The van der Waals surface area contributed by atoms with Crippen LogP contribution in [0.1, 0.15) is 36.6 Å². The SMILES string of the molecule is CCOC(=O)C1=C(C)N=c2s/c(=C\c3cc(I)cc(OC)c3OCc3ccccc3F)c(=O)n2[C@@H]1c1ccccc1Cl. The van der Waals surface area contributed by atoms with Gasteiger partial charge in [0.1, 0.15) is 18.5 Å². The third-order valence-corrected chi connectivity index (χ3v) is 8.55. The summed E-state index contributed by atoms with van der Waals surface area (Å²) in [5.74, 6) is -0.155. The lowest BCUT2D eigenvalue weighted by molar-refractivity contribution is -0.139. The smallest absolute Gasteiger partial charge is 0.338 e. The number of rotatable bonds is 8. The van der Waals surface area contributed by atoms with Gasteiger partial charge in [-0.25, -0.2) is 14.2 Å². The van der Waals surface area contributed by atoms with Crippen molar-refractivity contribution < 1.29 is 23.4 Å². The zero-order valence-electron chi connectivity index (χ0n) is 22.8. The number of carbonyl (C=O) groups excluding carboxylic acids is 1. The molecule has 4 aromatic rings. The number of hydrogen-bond acceptors (Lipinski definition) is 7. The van der Waals surface area contributed by atoms with Crippen molar-refractivity contribution in [2.45, 2.75) is 26.5 Å². The molecule has 216 valence electrons. The van der Waals surface area contributed by atoms with E-state index in [9.17, 15) is 14.0 Å². The average Bonchev–Trinajstić information content (AvgIpc) is 3.26. The fraction of sp³-hybridized carbons (Fsp3) is 0.194. The molecule has 0 saturated carbocycles. The van der Waals surface area contributed by atoms with E-state index in [1.54, 1.807) is 68.5 Å². The van der Waals surface area contributed by atoms with Gasteiger partial charge < -0.3 is 14.2 Å². The fourth-order valence-electron chi connectivity index (χ4n) is 4.69. The molecule has 0 bridgehead atoms. The van der Waals surface area contributed by atoms with Crippen LogP contribution in [0, 0.1) is 9.39 Å². The van der Waals surface area contributed by atoms with Gasteiger partial charge in [-0.2, -0.15) is 0 Å². The number of benzene rings is 3. The number of nitrogens with zero attached hydrogens (tertiary/aromatic N) is 2. The normalized spacial score (nSPS) is 14.8. The summed E-state index contributed by atoms with van der Waals surface area (Å²) in [5, 5.41) is 0.403. The highest BCUT2D eigenvalue weighted by atomic mass is 127. The van der Waals surface area contributed by atoms with Gasteiger partial charge in [0.25, 0.3) is 5.56 Å². The van der Waals surface area contributed by atoms with Crippen molar-refractivity contribution in [1.29, 1.82) is 0 Å². The van der Waals surface area contributed by atoms with E-state index in [0.717, 1.165) is 3.57 Å². The first-order valence-electron chi connectivity index (χ1n) is 12.9. The molecule has 1 aliphatic rings. The minimum atomic E-state index is -0.835. The Morgan fingerprint density at radius 3 is 2.64 bits per heavy atom. The quantitative estimate of drug-likeness (QED) is 0.171. The minimum Gasteiger partial charge on any atom is -0.493 e. The summed E-state index contributed by atoms with van der Waals surface area (Å²) in [4.78, 5) is 32.2. The van der Waals surface area contributed by atoms with E-state index in [0.29, 0.717) is 48.2 Å². The van der Waals surface area contributed by atoms with E-state index in [-0.39, 0.29) is 30.2 Å². The molecule has 3 aromatic carbocycles. The monoisotopic (exact) mass is 718 g/mol. The highest BCUT2D eigenvalue weighted by molar-refractivity contribution is 14.1. The summed E-state index contributed by atoms with van der Waals surface area (Å²) in [6, 6.07) is 16.2. The van der Waals surface area contributed by atoms with Crippen molar-refractivity contribution in [1.82, 2.24) is 4.57 Å². The lowest BCUT2D eigenvalue weighted by Gasteiger charge is -2.25. The highest BCUT2D eigenvalue weighted by Gasteiger charge is 2.34. The molecule has 7 nitrogen and oxygen atoms in total. The molecular weight excluding hydrogens is 694 g/mol. The summed E-state index contributed by atoms with van der Waals surface area (Å²) in [6.07, 6.45) is 1.69. The molecule has 0 unspecified atom stereocenters. The number of esters is 1. The van der Waals surface area contributed by atoms with Crippen LogP contribution in [0.3, 0.4) is 0 Å². The Bertz CT molecular complexity index is 1900. The van der Waals surface area contributed by atoms with Crippen LogP contribution in [-0.4, -0.2) is 24.3 Å². The van der Waals surface area contributed by atoms with Crippen molar-refractivity contribution in [3.05, 3.63) is 123 Å². The van der Waals surface area contributed by atoms with Gasteiger partial charge in [-0.05, 0) is 72.3 Å². The van der Waals surface area contributed by atoms with Crippen LogP contribution in [0.2, 0.25) is 5.02 Å².